The molecule has 0 aromatic rings. The van der Waals surface area contributed by atoms with Crippen LogP contribution in [-0.4, -0.2) is 0 Å². The third kappa shape index (κ3) is 1.20. The summed E-state index contributed by atoms with van der Waals surface area (Å²) in [6.45, 7) is 7.46. The van der Waals surface area contributed by atoms with Crippen LogP contribution < -0.4 is 0 Å². The Hall–Kier alpha value is -0.260. The van der Waals surface area contributed by atoms with Gasteiger partial charge in [-0.2, -0.15) is 0 Å². The molecular formula is C15H24. The highest BCUT2D eigenvalue weighted by Gasteiger charge is 2.66. The zero-order valence-corrected chi connectivity index (χ0v) is 10.5. The van der Waals surface area contributed by atoms with Gasteiger partial charge in [-0.05, 0) is 68.1 Å². The van der Waals surface area contributed by atoms with E-state index in [1.54, 1.807) is 5.57 Å². The van der Waals surface area contributed by atoms with Crippen molar-refractivity contribution in [2.75, 3.05) is 0 Å². The molecule has 0 heteroatoms. The van der Waals surface area contributed by atoms with Crippen LogP contribution >= 0.6 is 0 Å². The van der Waals surface area contributed by atoms with E-state index in [0.29, 0.717) is 5.41 Å². The molecule has 84 valence electrons. The second-order valence-electron chi connectivity index (χ2n) is 6.80. The van der Waals surface area contributed by atoms with E-state index in [-0.39, 0.29) is 0 Å². The molecule has 0 aromatic carbocycles. The van der Waals surface area contributed by atoms with Gasteiger partial charge in [-0.1, -0.05) is 25.5 Å². The van der Waals surface area contributed by atoms with E-state index < -0.39 is 0 Å². The second kappa shape index (κ2) is 2.90. The highest BCUT2D eigenvalue weighted by molar-refractivity contribution is 5.18. The molecule has 4 unspecified atom stereocenters. The maximum Gasteiger partial charge on any atom is -0.0238 e. The maximum absolute atomic E-state index is 2.60. The Morgan fingerprint density at radius 3 is 2.40 bits per heavy atom. The average molecular weight is 204 g/mol. The van der Waals surface area contributed by atoms with Gasteiger partial charge in [0.25, 0.3) is 0 Å². The van der Waals surface area contributed by atoms with Crippen LogP contribution in [0.4, 0.5) is 0 Å². The first-order valence-electron chi connectivity index (χ1n) is 6.72. The van der Waals surface area contributed by atoms with Gasteiger partial charge in [-0.15, -0.1) is 0 Å². The van der Waals surface area contributed by atoms with Gasteiger partial charge < -0.3 is 0 Å². The molecule has 0 aromatic heterocycles. The predicted octanol–water partition coefficient (Wildman–Crippen LogP) is 4.56. The molecule has 0 N–H and O–H groups in total. The summed E-state index contributed by atoms with van der Waals surface area (Å²) in [6, 6.07) is 0. The summed E-state index contributed by atoms with van der Waals surface area (Å²) in [5.74, 6) is 2.08. The molecule has 0 heterocycles. The van der Waals surface area contributed by atoms with Crippen molar-refractivity contribution in [1.82, 2.24) is 0 Å². The van der Waals surface area contributed by atoms with Crippen molar-refractivity contribution >= 4 is 0 Å². The minimum Gasteiger partial charge on any atom is -0.0853 e. The van der Waals surface area contributed by atoms with E-state index in [0.717, 1.165) is 17.3 Å². The third-order valence-electron chi connectivity index (χ3n) is 6.27. The van der Waals surface area contributed by atoms with Crippen LogP contribution in [0.15, 0.2) is 11.6 Å². The van der Waals surface area contributed by atoms with Crippen molar-refractivity contribution in [3.8, 4) is 0 Å². The quantitative estimate of drug-likeness (QED) is 0.549. The molecule has 4 atom stereocenters. The summed E-state index contributed by atoms with van der Waals surface area (Å²) in [4.78, 5) is 0. The minimum absolute atomic E-state index is 0.675. The molecular weight excluding hydrogens is 180 g/mol. The molecule has 3 aliphatic carbocycles. The van der Waals surface area contributed by atoms with Crippen LogP contribution in [0, 0.1) is 22.7 Å². The molecule has 0 saturated heterocycles. The Morgan fingerprint density at radius 1 is 1.13 bits per heavy atom. The van der Waals surface area contributed by atoms with Crippen molar-refractivity contribution in [2.45, 2.75) is 59.3 Å². The highest BCUT2D eigenvalue weighted by atomic mass is 14.7. The smallest absolute Gasteiger partial charge is 0.0238 e. The lowest BCUT2D eigenvalue weighted by atomic mass is 9.63. The van der Waals surface area contributed by atoms with Gasteiger partial charge in [0.15, 0.2) is 0 Å². The van der Waals surface area contributed by atoms with E-state index in [1.807, 2.05) is 0 Å². The number of allylic oxidation sites excluding steroid dienone is 2. The molecule has 2 fully saturated rings. The first-order valence-corrected chi connectivity index (χ1v) is 6.72. The van der Waals surface area contributed by atoms with Gasteiger partial charge in [0, 0.05) is 0 Å². The third-order valence-corrected chi connectivity index (χ3v) is 6.27. The van der Waals surface area contributed by atoms with Crippen LogP contribution in [0.25, 0.3) is 0 Å². The number of hydrogen-bond acceptors (Lipinski definition) is 0. The fourth-order valence-corrected chi connectivity index (χ4v) is 4.55. The molecule has 0 bridgehead atoms. The Kier molecular flexibility index (Phi) is 1.92. The first-order chi connectivity index (χ1) is 7.06. The van der Waals surface area contributed by atoms with Gasteiger partial charge in [-0.25, -0.2) is 0 Å². The summed E-state index contributed by atoms with van der Waals surface area (Å²) in [6.07, 6.45) is 11.3. The zero-order chi connectivity index (χ0) is 10.7. The van der Waals surface area contributed by atoms with Gasteiger partial charge in [0.1, 0.15) is 0 Å². The summed E-state index contributed by atoms with van der Waals surface area (Å²) < 4.78 is 0. The Balaban J connectivity index is 1.82. The van der Waals surface area contributed by atoms with Crippen molar-refractivity contribution in [3.63, 3.8) is 0 Å². The summed E-state index contributed by atoms with van der Waals surface area (Å²) >= 11 is 0. The monoisotopic (exact) mass is 204 g/mol. The van der Waals surface area contributed by atoms with Gasteiger partial charge in [-0.3, -0.25) is 0 Å². The lowest BCUT2D eigenvalue weighted by Crippen LogP contribution is -2.34. The lowest BCUT2D eigenvalue weighted by molar-refractivity contribution is 0.0880. The largest absolute Gasteiger partial charge is 0.0853 e. The van der Waals surface area contributed by atoms with Crippen LogP contribution in [-0.2, 0) is 0 Å². The molecule has 0 spiro atoms. The molecule has 0 amide bonds. The van der Waals surface area contributed by atoms with E-state index >= 15 is 0 Å². The number of fused-ring (bicyclic) bond motifs is 1. The highest BCUT2D eigenvalue weighted by Crippen LogP contribution is 2.75. The average Bonchev–Trinajstić information content (AvgIpc) is 2.82. The normalized spacial score (nSPS) is 53.7. The summed E-state index contributed by atoms with van der Waals surface area (Å²) in [7, 11) is 0. The Labute approximate surface area is 94.1 Å². The molecule has 0 aliphatic heterocycles. The maximum atomic E-state index is 2.60. The molecule has 2 saturated carbocycles. The summed E-state index contributed by atoms with van der Waals surface area (Å²) in [5, 5.41) is 0. The summed E-state index contributed by atoms with van der Waals surface area (Å²) in [5.41, 5.74) is 3.04. The topological polar surface area (TPSA) is 0 Å². The van der Waals surface area contributed by atoms with Crippen molar-refractivity contribution in [3.05, 3.63) is 11.6 Å². The number of rotatable bonds is 1. The second-order valence-corrected chi connectivity index (χ2v) is 6.80. The molecule has 0 radical (unpaired) electrons. The fraction of sp³-hybridized carbons (Fsp3) is 0.867. The molecule has 3 rings (SSSR count). The van der Waals surface area contributed by atoms with E-state index in [1.165, 1.54) is 38.5 Å². The van der Waals surface area contributed by atoms with Gasteiger partial charge in [0.2, 0.25) is 0 Å². The SMILES string of the molecule is CC1=CCC(C2(C)CCC3CC32C)CC1. The van der Waals surface area contributed by atoms with Crippen molar-refractivity contribution < 1.29 is 0 Å². The first kappa shape index (κ1) is 9.93. The zero-order valence-electron chi connectivity index (χ0n) is 10.5. The molecule has 15 heavy (non-hydrogen) atoms. The van der Waals surface area contributed by atoms with Crippen LogP contribution in [0.2, 0.25) is 0 Å². The van der Waals surface area contributed by atoms with Crippen LogP contribution in [0.1, 0.15) is 59.3 Å². The van der Waals surface area contributed by atoms with Crippen molar-refractivity contribution in [2.24, 2.45) is 22.7 Å². The lowest BCUT2D eigenvalue weighted by Gasteiger charge is -2.42. The predicted molar refractivity (Wildman–Crippen MR) is 64.7 cm³/mol. The van der Waals surface area contributed by atoms with E-state index in [2.05, 4.69) is 26.8 Å². The Morgan fingerprint density at radius 2 is 1.93 bits per heavy atom. The van der Waals surface area contributed by atoms with Gasteiger partial charge in [0.05, 0.1) is 0 Å². The molecule has 0 nitrogen and oxygen atoms in total. The molecule has 3 aliphatic rings. The Bertz CT molecular complexity index is 312. The standard InChI is InChI=1S/C15H24/c1-11-4-6-12(7-5-11)14(2)9-8-13-10-15(13,14)3/h4,12-13H,5-10H2,1-3H3. The van der Waals surface area contributed by atoms with Crippen molar-refractivity contribution in [1.29, 1.82) is 0 Å². The minimum atomic E-state index is 0.675. The van der Waals surface area contributed by atoms with E-state index in [4.69, 9.17) is 0 Å². The number of hydrogen-bond donors (Lipinski definition) is 0. The fourth-order valence-electron chi connectivity index (χ4n) is 4.55. The van der Waals surface area contributed by atoms with Crippen LogP contribution in [0.3, 0.4) is 0 Å². The van der Waals surface area contributed by atoms with Gasteiger partial charge >= 0.3 is 0 Å². The van der Waals surface area contributed by atoms with Crippen LogP contribution in [0.5, 0.6) is 0 Å². The van der Waals surface area contributed by atoms with E-state index in [9.17, 15) is 0 Å².